The van der Waals surface area contributed by atoms with Gasteiger partial charge in [-0.05, 0) is 17.5 Å². The van der Waals surface area contributed by atoms with Crippen molar-refractivity contribution in [3.8, 4) is 0 Å². The molecule has 27 heavy (non-hydrogen) atoms. The topological polar surface area (TPSA) is 110 Å². The Hall–Kier alpha value is -1.61. The molecule has 8 nitrogen and oxygen atoms in total. The molecule has 0 radical (unpaired) electrons. The number of nitrogens with two attached hydrogens (primary N) is 1. The first-order chi connectivity index (χ1) is 12.0. The van der Waals surface area contributed by atoms with Crippen molar-refractivity contribution < 1.29 is 14.3 Å². The summed E-state index contributed by atoms with van der Waals surface area (Å²) in [4.78, 5) is 30.1. The van der Waals surface area contributed by atoms with E-state index in [9.17, 15) is 9.59 Å². The Labute approximate surface area is 172 Å². The molecule has 154 valence electrons. The number of amides is 2. The van der Waals surface area contributed by atoms with Gasteiger partial charge in [0.1, 0.15) is 5.82 Å². The Morgan fingerprint density at radius 1 is 1.22 bits per heavy atom. The number of nitrogens with one attached hydrogen (secondary N) is 2. The van der Waals surface area contributed by atoms with Gasteiger partial charge in [0.05, 0.1) is 25.8 Å². The van der Waals surface area contributed by atoms with Crippen molar-refractivity contribution in [2.24, 2.45) is 11.7 Å². The molecular weight excluding hydrogens is 393 g/mol. The number of ether oxygens (including phenoxy) is 1. The van der Waals surface area contributed by atoms with Gasteiger partial charge < -0.3 is 26.0 Å². The smallest absolute Gasteiger partial charge is 0.239 e. The number of anilines is 1. The van der Waals surface area contributed by atoms with Gasteiger partial charge in [0.2, 0.25) is 11.8 Å². The van der Waals surface area contributed by atoms with E-state index in [1.807, 2.05) is 26.0 Å². The first-order valence-corrected chi connectivity index (χ1v) is 8.55. The van der Waals surface area contributed by atoms with Crippen LogP contribution >= 0.6 is 24.8 Å². The van der Waals surface area contributed by atoms with Crippen LogP contribution in [0.3, 0.4) is 0 Å². The summed E-state index contributed by atoms with van der Waals surface area (Å²) < 4.78 is 5.32. The molecular formula is C17H29Cl2N5O3. The van der Waals surface area contributed by atoms with Crippen molar-refractivity contribution in [1.82, 2.24) is 15.6 Å². The molecule has 1 saturated heterocycles. The molecule has 1 fully saturated rings. The highest BCUT2D eigenvalue weighted by atomic mass is 35.5. The molecule has 0 aromatic carbocycles. The fraction of sp³-hybridized carbons (Fsp3) is 0.588. The highest BCUT2D eigenvalue weighted by Crippen LogP contribution is 2.12. The average molecular weight is 422 g/mol. The van der Waals surface area contributed by atoms with Gasteiger partial charge in [-0.1, -0.05) is 19.9 Å². The summed E-state index contributed by atoms with van der Waals surface area (Å²) in [5, 5.41) is 5.30. The van der Waals surface area contributed by atoms with Gasteiger partial charge >= 0.3 is 0 Å². The van der Waals surface area contributed by atoms with Crippen LogP contribution in [-0.2, 0) is 20.9 Å². The third kappa shape index (κ3) is 8.30. The van der Waals surface area contributed by atoms with Crippen LogP contribution in [0.25, 0.3) is 0 Å². The Balaban J connectivity index is 0.00000338. The highest BCUT2D eigenvalue weighted by molar-refractivity contribution is 5.87. The number of pyridine rings is 1. The third-order valence-electron chi connectivity index (χ3n) is 4.08. The van der Waals surface area contributed by atoms with Gasteiger partial charge in [-0.25, -0.2) is 4.98 Å². The minimum absolute atomic E-state index is 0. The van der Waals surface area contributed by atoms with E-state index in [-0.39, 0.29) is 49.1 Å². The lowest BCUT2D eigenvalue weighted by atomic mass is 10.1. The number of carbonyl (C=O) groups is 2. The summed E-state index contributed by atoms with van der Waals surface area (Å²) in [6.45, 7) is 7.09. The molecule has 2 amide bonds. The highest BCUT2D eigenvalue weighted by Gasteiger charge is 2.17. The van der Waals surface area contributed by atoms with Crippen molar-refractivity contribution in [3.63, 3.8) is 0 Å². The lowest BCUT2D eigenvalue weighted by Gasteiger charge is -2.27. The van der Waals surface area contributed by atoms with Crippen molar-refractivity contribution in [3.05, 3.63) is 23.9 Å². The van der Waals surface area contributed by atoms with Crippen molar-refractivity contribution in [2.45, 2.75) is 26.4 Å². The van der Waals surface area contributed by atoms with E-state index in [1.54, 1.807) is 6.20 Å². The maximum Gasteiger partial charge on any atom is 0.239 e. The van der Waals surface area contributed by atoms with Crippen molar-refractivity contribution in [1.29, 1.82) is 0 Å². The number of hydrogen-bond donors (Lipinski definition) is 3. The molecule has 0 bridgehead atoms. The average Bonchev–Trinajstić information content (AvgIpc) is 2.64. The first-order valence-electron chi connectivity index (χ1n) is 8.55. The van der Waals surface area contributed by atoms with Gasteiger partial charge in [0.25, 0.3) is 0 Å². The molecule has 2 heterocycles. The Bertz CT molecular complexity index is 580. The summed E-state index contributed by atoms with van der Waals surface area (Å²) >= 11 is 0. The molecule has 1 atom stereocenters. The van der Waals surface area contributed by atoms with Gasteiger partial charge in [-0.15, -0.1) is 24.8 Å². The molecule has 2 rings (SSSR count). The third-order valence-corrected chi connectivity index (χ3v) is 4.08. The number of carbonyl (C=O) groups excluding carboxylic acids is 2. The van der Waals surface area contributed by atoms with Crippen LogP contribution in [0.4, 0.5) is 5.82 Å². The summed E-state index contributed by atoms with van der Waals surface area (Å²) in [7, 11) is 0. The van der Waals surface area contributed by atoms with Gasteiger partial charge in [0, 0.05) is 25.8 Å². The van der Waals surface area contributed by atoms with Crippen LogP contribution in [0.5, 0.6) is 0 Å². The quantitative estimate of drug-likeness (QED) is 0.590. The second-order valence-electron chi connectivity index (χ2n) is 6.39. The molecule has 1 aromatic rings. The largest absolute Gasteiger partial charge is 0.378 e. The molecule has 10 heteroatoms. The zero-order valence-corrected chi connectivity index (χ0v) is 17.3. The van der Waals surface area contributed by atoms with Crippen LogP contribution < -0.4 is 21.3 Å². The summed E-state index contributed by atoms with van der Waals surface area (Å²) in [5.74, 6) is 0.357. The molecule has 1 aliphatic heterocycles. The van der Waals surface area contributed by atoms with Gasteiger partial charge in [0.15, 0.2) is 0 Å². The molecule has 0 unspecified atom stereocenters. The van der Waals surface area contributed by atoms with Gasteiger partial charge in [-0.3, -0.25) is 9.59 Å². The number of hydrogen-bond acceptors (Lipinski definition) is 6. The minimum atomic E-state index is -0.607. The van der Waals surface area contributed by atoms with E-state index in [0.29, 0.717) is 19.8 Å². The molecule has 0 aliphatic carbocycles. The number of morpholine rings is 1. The number of nitrogens with zero attached hydrogens (tertiary/aromatic N) is 2. The van der Waals surface area contributed by atoms with Gasteiger partial charge in [-0.2, -0.15) is 0 Å². The Kier molecular flexibility index (Phi) is 12.0. The standard InChI is InChI=1S/C17H27N5O3.2ClH/c1-12(2)16(18)17(24)21-11-15(23)20-10-13-3-4-14(19-9-13)22-5-7-25-8-6-22;;/h3-4,9,12,16H,5-8,10-11,18H2,1-2H3,(H,20,23)(H,21,24);2*1H/t16-;;/m0../s1. The molecule has 1 aliphatic rings. The summed E-state index contributed by atoms with van der Waals surface area (Å²) in [5.41, 5.74) is 6.62. The molecule has 4 N–H and O–H groups in total. The maximum absolute atomic E-state index is 11.8. The predicted molar refractivity (Wildman–Crippen MR) is 109 cm³/mol. The maximum atomic E-state index is 11.8. The lowest BCUT2D eigenvalue weighted by Crippen LogP contribution is -2.47. The van der Waals surface area contributed by atoms with Crippen LogP contribution in [0.1, 0.15) is 19.4 Å². The Morgan fingerprint density at radius 3 is 2.44 bits per heavy atom. The monoisotopic (exact) mass is 421 g/mol. The van der Waals surface area contributed by atoms with Crippen LogP contribution in [0.2, 0.25) is 0 Å². The number of rotatable bonds is 7. The first kappa shape index (κ1) is 25.4. The zero-order chi connectivity index (χ0) is 18.2. The summed E-state index contributed by atoms with van der Waals surface area (Å²) in [6, 6.07) is 3.27. The van der Waals surface area contributed by atoms with Crippen molar-refractivity contribution in [2.75, 3.05) is 37.7 Å². The second-order valence-corrected chi connectivity index (χ2v) is 6.39. The van der Waals surface area contributed by atoms with Crippen molar-refractivity contribution >= 4 is 42.4 Å². The van der Waals surface area contributed by atoms with E-state index in [0.717, 1.165) is 24.5 Å². The second kappa shape index (κ2) is 12.7. The lowest BCUT2D eigenvalue weighted by molar-refractivity contribution is -0.127. The van der Waals surface area contributed by atoms with E-state index in [1.165, 1.54) is 0 Å². The Morgan fingerprint density at radius 2 is 1.89 bits per heavy atom. The van der Waals surface area contributed by atoms with Crippen LogP contribution in [0.15, 0.2) is 18.3 Å². The molecule has 0 saturated carbocycles. The van der Waals surface area contributed by atoms with E-state index in [2.05, 4.69) is 20.5 Å². The normalized spacial score (nSPS) is 14.6. The SMILES string of the molecule is CC(C)[C@H](N)C(=O)NCC(=O)NCc1ccc(N2CCOCC2)nc1.Cl.Cl. The van der Waals surface area contributed by atoms with E-state index in [4.69, 9.17) is 10.5 Å². The minimum Gasteiger partial charge on any atom is -0.378 e. The predicted octanol–water partition coefficient (Wildman–Crippen LogP) is 0.478. The van der Waals surface area contributed by atoms with Crippen LogP contribution in [-0.4, -0.2) is 55.7 Å². The molecule has 0 spiro atoms. The number of aromatic nitrogens is 1. The summed E-state index contributed by atoms with van der Waals surface area (Å²) in [6.07, 6.45) is 1.75. The number of halogens is 2. The zero-order valence-electron chi connectivity index (χ0n) is 15.6. The molecule has 1 aromatic heterocycles. The fourth-order valence-corrected chi connectivity index (χ4v) is 2.35. The van der Waals surface area contributed by atoms with E-state index >= 15 is 0 Å². The van der Waals surface area contributed by atoms with Crippen LogP contribution in [0, 0.1) is 5.92 Å². The fourth-order valence-electron chi connectivity index (χ4n) is 2.35. The van der Waals surface area contributed by atoms with E-state index < -0.39 is 6.04 Å².